The number of pyridine rings is 1. The molecule has 0 aromatic carbocycles. The maximum atomic E-state index is 4.44. The van der Waals surface area contributed by atoms with Crippen LogP contribution in [0.1, 0.15) is 5.69 Å². The summed E-state index contributed by atoms with van der Waals surface area (Å²) in [6, 6.07) is 1.87. The smallest absolute Gasteiger partial charge is 0.159 e. The number of hydrogen-bond acceptors (Lipinski definition) is 3. The lowest BCUT2D eigenvalue weighted by Crippen LogP contribution is -1.83. The highest BCUT2D eigenvalue weighted by molar-refractivity contribution is 5.77. The van der Waals surface area contributed by atoms with Crippen molar-refractivity contribution in [3.05, 3.63) is 30.5 Å². The third-order valence-corrected chi connectivity index (χ3v) is 2.34. The molecule has 0 radical (unpaired) electrons. The van der Waals surface area contributed by atoms with E-state index in [0.717, 1.165) is 28.2 Å². The minimum atomic E-state index is 0.775. The van der Waals surface area contributed by atoms with Crippen molar-refractivity contribution in [2.75, 3.05) is 0 Å². The first kappa shape index (κ1) is 8.16. The summed E-state index contributed by atoms with van der Waals surface area (Å²) in [5, 5.41) is 0. The lowest BCUT2D eigenvalue weighted by molar-refractivity contribution is 1.24. The van der Waals surface area contributed by atoms with Gasteiger partial charge < -0.3 is 9.97 Å². The van der Waals surface area contributed by atoms with E-state index in [1.54, 1.807) is 18.7 Å². The van der Waals surface area contributed by atoms with Gasteiger partial charge in [0, 0.05) is 11.9 Å². The van der Waals surface area contributed by atoms with E-state index < -0.39 is 0 Å². The van der Waals surface area contributed by atoms with Crippen molar-refractivity contribution in [2.45, 2.75) is 6.92 Å². The summed E-state index contributed by atoms with van der Waals surface area (Å²) in [5.74, 6) is 0.775. The summed E-state index contributed by atoms with van der Waals surface area (Å²) in [6.45, 7) is 1.97. The maximum Gasteiger partial charge on any atom is 0.159 e. The maximum absolute atomic E-state index is 4.44. The van der Waals surface area contributed by atoms with Gasteiger partial charge in [0.05, 0.1) is 23.6 Å². The van der Waals surface area contributed by atoms with Gasteiger partial charge in [-0.25, -0.2) is 9.97 Å². The van der Waals surface area contributed by atoms with Gasteiger partial charge in [-0.3, -0.25) is 4.98 Å². The second-order valence-corrected chi connectivity index (χ2v) is 3.35. The number of hydrogen-bond donors (Lipinski definition) is 2. The molecule has 15 heavy (non-hydrogen) atoms. The molecule has 74 valence electrons. The molecule has 3 aromatic rings. The van der Waals surface area contributed by atoms with Crippen molar-refractivity contribution in [3.8, 4) is 11.5 Å². The lowest BCUT2D eigenvalue weighted by atomic mass is 10.3. The zero-order valence-electron chi connectivity index (χ0n) is 8.15. The van der Waals surface area contributed by atoms with E-state index in [4.69, 9.17) is 0 Å². The van der Waals surface area contributed by atoms with Gasteiger partial charge in [-0.2, -0.15) is 0 Å². The molecular formula is C10H9N5. The van der Waals surface area contributed by atoms with Crippen LogP contribution in [0.4, 0.5) is 0 Å². The van der Waals surface area contributed by atoms with E-state index in [1.807, 2.05) is 13.0 Å². The van der Waals surface area contributed by atoms with Crippen LogP contribution in [0.5, 0.6) is 0 Å². The van der Waals surface area contributed by atoms with Gasteiger partial charge in [-0.1, -0.05) is 0 Å². The molecule has 2 N–H and O–H groups in total. The van der Waals surface area contributed by atoms with Crippen LogP contribution < -0.4 is 0 Å². The second kappa shape index (κ2) is 2.91. The Morgan fingerprint density at radius 1 is 1.33 bits per heavy atom. The number of H-pyrrole nitrogens is 2. The topological polar surface area (TPSA) is 70.2 Å². The number of aromatic amines is 2. The fourth-order valence-corrected chi connectivity index (χ4v) is 1.57. The molecule has 0 saturated heterocycles. The first-order valence-electron chi connectivity index (χ1n) is 4.64. The van der Waals surface area contributed by atoms with Crippen molar-refractivity contribution in [3.63, 3.8) is 0 Å². The molecule has 0 aliphatic carbocycles. The number of aromatic nitrogens is 5. The van der Waals surface area contributed by atoms with Crippen molar-refractivity contribution >= 4 is 11.0 Å². The Morgan fingerprint density at radius 2 is 2.27 bits per heavy atom. The summed E-state index contributed by atoms with van der Waals surface area (Å²) < 4.78 is 0. The molecule has 0 atom stereocenters. The van der Waals surface area contributed by atoms with Crippen molar-refractivity contribution < 1.29 is 0 Å². The highest BCUT2D eigenvalue weighted by Crippen LogP contribution is 2.19. The molecule has 5 nitrogen and oxygen atoms in total. The van der Waals surface area contributed by atoms with E-state index in [-0.39, 0.29) is 0 Å². The van der Waals surface area contributed by atoms with Gasteiger partial charge in [-0.15, -0.1) is 0 Å². The van der Waals surface area contributed by atoms with Gasteiger partial charge in [-0.05, 0) is 13.0 Å². The van der Waals surface area contributed by atoms with E-state index in [2.05, 4.69) is 24.9 Å². The van der Waals surface area contributed by atoms with Crippen molar-refractivity contribution in [2.24, 2.45) is 0 Å². The lowest BCUT2D eigenvalue weighted by Gasteiger charge is -1.90. The molecule has 0 aliphatic rings. The van der Waals surface area contributed by atoms with Crippen LogP contribution in [0, 0.1) is 6.92 Å². The van der Waals surface area contributed by atoms with Crippen LogP contribution >= 0.6 is 0 Å². The van der Waals surface area contributed by atoms with Gasteiger partial charge in [0.1, 0.15) is 5.69 Å². The summed E-state index contributed by atoms with van der Waals surface area (Å²) in [6.07, 6.45) is 5.15. The summed E-state index contributed by atoms with van der Waals surface area (Å²) in [7, 11) is 0. The SMILES string of the molecule is Cc1[nH]cnc1-c1nc2ccncc2[nH]1. The van der Waals surface area contributed by atoms with Crippen LogP contribution in [0.2, 0.25) is 0 Å². The Hall–Kier alpha value is -2.17. The summed E-state index contributed by atoms with van der Waals surface area (Å²) in [4.78, 5) is 18.9. The van der Waals surface area contributed by atoms with E-state index in [9.17, 15) is 0 Å². The highest BCUT2D eigenvalue weighted by Gasteiger charge is 2.09. The van der Waals surface area contributed by atoms with Crippen LogP contribution in [0.3, 0.4) is 0 Å². The van der Waals surface area contributed by atoms with Crippen molar-refractivity contribution in [1.29, 1.82) is 0 Å². The number of nitrogens with one attached hydrogen (secondary N) is 2. The average molecular weight is 199 g/mol. The molecule has 0 bridgehead atoms. The molecule has 0 saturated carbocycles. The van der Waals surface area contributed by atoms with Crippen molar-refractivity contribution in [1.82, 2.24) is 24.9 Å². The number of rotatable bonds is 1. The fourth-order valence-electron chi connectivity index (χ4n) is 1.57. The molecule has 3 rings (SSSR count). The molecule has 0 unspecified atom stereocenters. The Balaban J connectivity index is 2.24. The molecule has 0 aliphatic heterocycles. The van der Waals surface area contributed by atoms with E-state index >= 15 is 0 Å². The van der Waals surface area contributed by atoms with Gasteiger partial charge in [0.2, 0.25) is 0 Å². The first-order valence-corrected chi connectivity index (χ1v) is 4.64. The Morgan fingerprint density at radius 3 is 3.00 bits per heavy atom. The Bertz CT molecular complexity index is 574. The Kier molecular flexibility index (Phi) is 1.58. The molecule has 0 amide bonds. The van der Waals surface area contributed by atoms with Crippen LogP contribution in [-0.4, -0.2) is 24.9 Å². The van der Waals surface area contributed by atoms with Crippen LogP contribution in [0.15, 0.2) is 24.8 Å². The molecule has 0 spiro atoms. The minimum absolute atomic E-state index is 0.775. The van der Waals surface area contributed by atoms with Gasteiger partial charge in [0.25, 0.3) is 0 Å². The highest BCUT2D eigenvalue weighted by atomic mass is 15.0. The molecule has 0 fully saturated rings. The summed E-state index contributed by atoms with van der Waals surface area (Å²) >= 11 is 0. The number of aryl methyl sites for hydroxylation is 1. The van der Waals surface area contributed by atoms with Crippen LogP contribution in [-0.2, 0) is 0 Å². The monoisotopic (exact) mass is 199 g/mol. The first-order chi connectivity index (χ1) is 7.34. The van der Waals surface area contributed by atoms with E-state index in [0.29, 0.717) is 0 Å². The zero-order chi connectivity index (χ0) is 10.3. The van der Waals surface area contributed by atoms with E-state index in [1.165, 1.54) is 0 Å². The minimum Gasteiger partial charge on any atom is -0.348 e. The second-order valence-electron chi connectivity index (χ2n) is 3.35. The third-order valence-electron chi connectivity index (χ3n) is 2.34. The molecular weight excluding hydrogens is 190 g/mol. The standard InChI is InChI=1S/C10H9N5/c1-6-9(13-5-12-6)10-14-7-2-3-11-4-8(7)15-10/h2-5H,1H3,(H,12,13)(H,14,15). The quantitative estimate of drug-likeness (QED) is 0.626. The summed E-state index contributed by atoms with van der Waals surface area (Å²) in [5.41, 5.74) is 3.69. The Labute approximate surface area is 85.6 Å². The largest absolute Gasteiger partial charge is 0.348 e. The predicted molar refractivity (Wildman–Crippen MR) is 56.2 cm³/mol. The average Bonchev–Trinajstić information content (AvgIpc) is 2.82. The normalized spacial score (nSPS) is 11.0. The third kappa shape index (κ3) is 1.20. The molecule has 5 heteroatoms. The molecule has 3 heterocycles. The number of fused-ring (bicyclic) bond motifs is 1. The predicted octanol–water partition coefficient (Wildman–Crippen LogP) is 1.66. The molecule has 3 aromatic heterocycles. The number of nitrogens with zero attached hydrogens (tertiary/aromatic N) is 3. The zero-order valence-corrected chi connectivity index (χ0v) is 8.15. The van der Waals surface area contributed by atoms with Gasteiger partial charge >= 0.3 is 0 Å². The van der Waals surface area contributed by atoms with Gasteiger partial charge in [0.15, 0.2) is 5.82 Å². The van der Waals surface area contributed by atoms with Crippen LogP contribution in [0.25, 0.3) is 22.6 Å². The fraction of sp³-hybridized carbons (Fsp3) is 0.100. The number of imidazole rings is 2.